The van der Waals surface area contributed by atoms with Gasteiger partial charge in [-0.25, -0.2) is 8.42 Å². The lowest BCUT2D eigenvalue weighted by Gasteiger charge is -2.14. The fraction of sp³-hybridized carbons (Fsp3) is 0.167. The second-order valence-electron chi connectivity index (χ2n) is 5.71. The van der Waals surface area contributed by atoms with Crippen LogP contribution in [0.15, 0.2) is 53.6 Å². The third kappa shape index (κ3) is 2.92. The lowest BCUT2D eigenvalue weighted by Crippen LogP contribution is -2.15. The molecule has 0 bridgehead atoms. The van der Waals surface area contributed by atoms with Crippen molar-refractivity contribution in [3.05, 3.63) is 65.4 Å². The number of benzene rings is 2. The van der Waals surface area contributed by atoms with Crippen molar-refractivity contribution in [2.75, 3.05) is 4.72 Å². The minimum absolute atomic E-state index is 0.192. The van der Waals surface area contributed by atoms with Crippen LogP contribution in [0.25, 0.3) is 10.9 Å². The Morgan fingerprint density at radius 2 is 1.61 bits per heavy atom. The van der Waals surface area contributed by atoms with Crippen LogP contribution in [-0.4, -0.2) is 13.4 Å². The van der Waals surface area contributed by atoms with Gasteiger partial charge in [-0.2, -0.15) is 0 Å². The van der Waals surface area contributed by atoms with Crippen molar-refractivity contribution in [2.45, 2.75) is 25.7 Å². The highest BCUT2D eigenvalue weighted by molar-refractivity contribution is 7.93. The number of hydrogen-bond donors (Lipinski definition) is 1. The molecular formula is C18H18N2O2S. The lowest BCUT2D eigenvalue weighted by molar-refractivity contribution is 0.602. The van der Waals surface area contributed by atoms with Crippen LogP contribution in [0.3, 0.4) is 0 Å². The Bertz CT molecular complexity index is 975. The van der Waals surface area contributed by atoms with Crippen molar-refractivity contribution in [1.82, 2.24) is 4.98 Å². The number of fused-ring (bicyclic) bond motifs is 1. The number of para-hydroxylation sites is 2. The first-order valence-corrected chi connectivity index (χ1v) is 8.81. The fourth-order valence-electron chi connectivity index (χ4n) is 2.62. The Balaban J connectivity index is 2.14. The van der Waals surface area contributed by atoms with Crippen LogP contribution < -0.4 is 4.72 Å². The molecule has 0 saturated heterocycles. The van der Waals surface area contributed by atoms with Gasteiger partial charge in [-0.1, -0.05) is 30.3 Å². The van der Waals surface area contributed by atoms with E-state index in [2.05, 4.69) is 9.71 Å². The number of nitrogens with one attached hydrogen (secondary N) is 1. The lowest BCUT2D eigenvalue weighted by atomic mass is 10.1. The van der Waals surface area contributed by atoms with Gasteiger partial charge in [0.25, 0.3) is 10.0 Å². The first kappa shape index (κ1) is 15.5. The number of rotatable bonds is 3. The normalized spacial score (nSPS) is 11.6. The SMILES string of the molecule is Cc1cnc2c(S(=O)(=O)Nc3c(C)cccc3C)cccc2c1. The van der Waals surface area contributed by atoms with Crippen molar-refractivity contribution in [3.63, 3.8) is 0 Å². The zero-order valence-corrected chi connectivity index (χ0v) is 14.1. The average Bonchev–Trinajstić information content (AvgIpc) is 2.50. The number of aromatic nitrogens is 1. The van der Waals surface area contributed by atoms with E-state index in [0.717, 1.165) is 22.1 Å². The summed E-state index contributed by atoms with van der Waals surface area (Å²) in [5, 5.41) is 0.814. The highest BCUT2D eigenvalue weighted by atomic mass is 32.2. The van der Waals surface area contributed by atoms with Gasteiger partial charge in [0.15, 0.2) is 0 Å². The molecule has 3 rings (SSSR count). The maximum Gasteiger partial charge on any atom is 0.264 e. The summed E-state index contributed by atoms with van der Waals surface area (Å²) in [6, 6.07) is 12.8. The molecule has 1 aromatic heterocycles. The molecule has 23 heavy (non-hydrogen) atoms. The van der Waals surface area contributed by atoms with Crippen LogP contribution in [0.1, 0.15) is 16.7 Å². The Morgan fingerprint density at radius 1 is 0.957 bits per heavy atom. The molecule has 0 aliphatic carbocycles. The van der Waals surface area contributed by atoms with Gasteiger partial charge in [0.1, 0.15) is 4.90 Å². The largest absolute Gasteiger partial charge is 0.279 e. The molecule has 0 aliphatic heterocycles. The monoisotopic (exact) mass is 326 g/mol. The predicted octanol–water partition coefficient (Wildman–Crippen LogP) is 3.96. The summed E-state index contributed by atoms with van der Waals surface area (Å²) in [5.41, 5.74) is 3.87. The second-order valence-corrected chi connectivity index (χ2v) is 7.36. The smallest absolute Gasteiger partial charge is 0.264 e. The summed E-state index contributed by atoms with van der Waals surface area (Å²) in [5.74, 6) is 0. The highest BCUT2D eigenvalue weighted by Crippen LogP contribution is 2.27. The summed E-state index contributed by atoms with van der Waals surface area (Å²) in [7, 11) is -3.71. The Morgan fingerprint density at radius 3 is 2.30 bits per heavy atom. The van der Waals surface area contributed by atoms with E-state index in [9.17, 15) is 8.42 Å². The van der Waals surface area contributed by atoms with Crippen LogP contribution in [0.2, 0.25) is 0 Å². The second kappa shape index (κ2) is 5.66. The maximum absolute atomic E-state index is 12.9. The number of hydrogen-bond acceptors (Lipinski definition) is 3. The number of sulfonamides is 1. The molecule has 0 saturated carbocycles. The molecule has 0 unspecified atom stereocenters. The molecule has 0 radical (unpaired) electrons. The predicted molar refractivity (Wildman–Crippen MR) is 93.2 cm³/mol. The average molecular weight is 326 g/mol. The molecule has 0 fully saturated rings. The van der Waals surface area contributed by atoms with Gasteiger partial charge in [-0.3, -0.25) is 9.71 Å². The number of aryl methyl sites for hydroxylation is 3. The Hall–Kier alpha value is -2.40. The van der Waals surface area contributed by atoms with Gasteiger partial charge in [0.2, 0.25) is 0 Å². The summed E-state index contributed by atoms with van der Waals surface area (Å²) < 4.78 is 28.4. The molecule has 1 N–H and O–H groups in total. The molecule has 4 nitrogen and oxygen atoms in total. The van der Waals surface area contributed by atoms with Crippen molar-refractivity contribution in [1.29, 1.82) is 0 Å². The van der Waals surface area contributed by atoms with Crippen molar-refractivity contribution >= 4 is 26.6 Å². The third-order valence-corrected chi connectivity index (χ3v) is 5.20. The molecule has 2 aromatic carbocycles. The minimum Gasteiger partial charge on any atom is -0.279 e. The fourth-order valence-corrected chi connectivity index (χ4v) is 4.01. The first-order valence-electron chi connectivity index (χ1n) is 7.33. The quantitative estimate of drug-likeness (QED) is 0.792. The summed E-state index contributed by atoms with van der Waals surface area (Å²) in [6.07, 6.45) is 1.68. The first-order chi connectivity index (χ1) is 10.9. The maximum atomic E-state index is 12.9. The van der Waals surface area contributed by atoms with Gasteiger partial charge < -0.3 is 0 Å². The Labute approximate surface area is 136 Å². The van der Waals surface area contributed by atoms with E-state index in [0.29, 0.717) is 11.2 Å². The van der Waals surface area contributed by atoms with Gasteiger partial charge in [-0.05, 0) is 49.6 Å². The topological polar surface area (TPSA) is 59.1 Å². The van der Waals surface area contributed by atoms with Gasteiger partial charge >= 0.3 is 0 Å². The van der Waals surface area contributed by atoms with Crippen molar-refractivity contribution in [3.8, 4) is 0 Å². The molecule has 118 valence electrons. The minimum atomic E-state index is -3.71. The van der Waals surface area contributed by atoms with Gasteiger partial charge in [0.05, 0.1) is 11.2 Å². The van der Waals surface area contributed by atoms with Gasteiger partial charge in [0, 0.05) is 11.6 Å². The molecule has 3 aromatic rings. The number of nitrogens with zero attached hydrogens (tertiary/aromatic N) is 1. The van der Waals surface area contributed by atoms with E-state index < -0.39 is 10.0 Å². The number of anilines is 1. The Kier molecular flexibility index (Phi) is 3.82. The highest BCUT2D eigenvalue weighted by Gasteiger charge is 2.20. The van der Waals surface area contributed by atoms with Crippen molar-refractivity contribution < 1.29 is 8.42 Å². The van der Waals surface area contributed by atoms with E-state index in [-0.39, 0.29) is 4.90 Å². The van der Waals surface area contributed by atoms with E-state index in [1.165, 1.54) is 0 Å². The van der Waals surface area contributed by atoms with E-state index in [1.807, 2.05) is 51.1 Å². The van der Waals surface area contributed by atoms with Crippen molar-refractivity contribution in [2.24, 2.45) is 0 Å². The molecule has 1 heterocycles. The van der Waals surface area contributed by atoms with E-state index in [1.54, 1.807) is 18.3 Å². The molecule has 5 heteroatoms. The van der Waals surface area contributed by atoms with Crippen LogP contribution in [0.4, 0.5) is 5.69 Å². The van der Waals surface area contributed by atoms with Gasteiger partial charge in [-0.15, -0.1) is 0 Å². The van der Waals surface area contributed by atoms with Crippen LogP contribution in [0, 0.1) is 20.8 Å². The zero-order chi connectivity index (χ0) is 16.6. The third-order valence-electron chi connectivity index (χ3n) is 3.82. The van der Waals surface area contributed by atoms with Crippen LogP contribution in [0.5, 0.6) is 0 Å². The molecule has 0 aliphatic rings. The summed E-state index contributed by atoms with van der Waals surface area (Å²) in [6.45, 7) is 5.70. The molecule has 0 atom stereocenters. The number of pyridine rings is 1. The van der Waals surface area contributed by atoms with E-state index in [4.69, 9.17) is 0 Å². The molecule has 0 amide bonds. The molecule has 0 spiro atoms. The zero-order valence-electron chi connectivity index (χ0n) is 13.3. The summed E-state index contributed by atoms with van der Waals surface area (Å²) in [4.78, 5) is 4.51. The molecular weight excluding hydrogens is 308 g/mol. The summed E-state index contributed by atoms with van der Waals surface area (Å²) >= 11 is 0. The van der Waals surface area contributed by atoms with Crippen LogP contribution in [-0.2, 0) is 10.0 Å². The van der Waals surface area contributed by atoms with E-state index >= 15 is 0 Å². The standard InChI is InChI=1S/C18H18N2O2S/c1-12-10-15-8-5-9-16(18(15)19-11-12)23(21,22)20-17-13(2)6-4-7-14(17)3/h4-11,20H,1-3H3. The van der Waals surface area contributed by atoms with Crippen LogP contribution >= 0.6 is 0 Å².